The summed E-state index contributed by atoms with van der Waals surface area (Å²) >= 11 is 0. The Kier molecular flexibility index (Phi) is 13.2. The zero-order chi connectivity index (χ0) is 35.5. The van der Waals surface area contributed by atoms with E-state index < -0.39 is 12.1 Å². The number of amides is 4. The first-order valence-electron chi connectivity index (χ1n) is 18.3. The molecular weight excluding hydrogens is 630 g/mol. The first-order chi connectivity index (χ1) is 24.2. The van der Waals surface area contributed by atoms with Gasteiger partial charge in [0.15, 0.2) is 0 Å². The van der Waals surface area contributed by atoms with Crippen molar-refractivity contribution in [1.82, 2.24) is 30.2 Å². The minimum atomic E-state index is -0.685. The van der Waals surface area contributed by atoms with Crippen LogP contribution in [0.4, 0.5) is 5.69 Å². The van der Waals surface area contributed by atoms with E-state index in [0.29, 0.717) is 30.9 Å². The molecule has 2 atom stereocenters. The summed E-state index contributed by atoms with van der Waals surface area (Å²) in [5, 5.41) is 13.3. The molecule has 2 aliphatic rings. The van der Waals surface area contributed by atoms with E-state index in [1.807, 2.05) is 61.2 Å². The van der Waals surface area contributed by atoms with Gasteiger partial charge in [-0.2, -0.15) is 5.10 Å². The molecule has 2 unspecified atom stereocenters. The third kappa shape index (κ3) is 10.0. The maximum atomic E-state index is 13.8. The third-order valence-corrected chi connectivity index (χ3v) is 9.88. The highest BCUT2D eigenvalue weighted by atomic mass is 16.2. The summed E-state index contributed by atoms with van der Waals surface area (Å²) in [6.07, 6.45) is 8.31. The van der Waals surface area contributed by atoms with Crippen molar-refractivity contribution in [3.05, 3.63) is 83.7 Å². The smallest absolute Gasteiger partial charge is 0.270 e. The van der Waals surface area contributed by atoms with Crippen LogP contribution in [-0.2, 0) is 27.3 Å². The van der Waals surface area contributed by atoms with Crippen LogP contribution >= 0.6 is 0 Å². The monoisotopic (exact) mass is 683 g/mol. The van der Waals surface area contributed by atoms with Gasteiger partial charge >= 0.3 is 0 Å². The number of nitrogens with one attached hydrogen (secondary N) is 3. The number of anilines is 1. The van der Waals surface area contributed by atoms with Crippen LogP contribution in [-0.4, -0.2) is 81.5 Å². The molecule has 2 fully saturated rings. The number of hydrogen-bond donors (Lipinski definition) is 3. The van der Waals surface area contributed by atoms with Gasteiger partial charge in [0.25, 0.3) is 5.91 Å². The SMILES string of the molecule is CCC(=O)NC(Cc1ccc(NC(=O)C(NC(=O)c2ccnn2C(C)C)C2CCCCCC2)cc1)C(=O)N1CCN(Cc2ccccc2)CC1. The van der Waals surface area contributed by atoms with Crippen molar-refractivity contribution >= 4 is 29.3 Å². The molecule has 3 aromatic rings. The second kappa shape index (κ2) is 17.9. The first-order valence-corrected chi connectivity index (χ1v) is 18.3. The lowest BCUT2D eigenvalue weighted by molar-refractivity contribution is -0.138. The Bertz CT molecular complexity index is 1560. The maximum Gasteiger partial charge on any atom is 0.270 e. The van der Waals surface area contributed by atoms with Crippen LogP contribution in [0.1, 0.15) is 93.4 Å². The van der Waals surface area contributed by atoms with Crippen LogP contribution in [0.25, 0.3) is 0 Å². The zero-order valence-electron chi connectivity index (χ0n) is 29.8. The van der Waals surface area contributed by atoms with Gasteiger partial charge in [-0.1, -0.05) is 75.1 Å². The fourth-order valence-electron chi connectivity index (χ4n) is 7.03. The molecule has 4 amide bonds. The molecule has 11 heteroatoms. The highest BCUT2D eigenvalue weighted by molar-refractivity contribution is 6.00. The molecule has 2 heterocycles. The predicted octanol–water partition coefficient (Wildman–Crippen LogP) is 4.95. The van der Waals surface area contributed by atoms with Gasteiger partial charge in [0, 0.05) is 63.5 Å². The second-order valence-electron chi connectivity index (χ2n) is 13.9. The largest absolute Gasteiger partial charge is 0.344 e. The van der Waals surface area contributed by atoms with Gasteiger partial charge in [-0.25, -0.2) is 0 Å². The van der Waals surface area contributed by atoms with Gasteiger partial charge in [-0.05, 0) is 61.9 Å². The van der Waals surface area contributed by atoms with Crippen LogP contribution in [0.3, 0.4) is 0 Å². The number of hydrogen-bond acceptors (Lipinski definition) is 6. The number of piperazine rings is 1. The van der Waals surface area contributed by atoms with Crippen molar-refractivity contribution < 1.29 is 19.2 Å². The number of benzene rings is 2. The Morgan fingerprint density at radius 3 is 2.14 bits per heavy atom. The van der Waals surface area contributed by atoms with E-state index in [0.717, 1.165) is 63.7 Å². The molecule has 268 valence electrons. The summed E-state index contributed by atoms with van der Waals surface area (Å²) < 4.78 is 1.67. The summed E-state index contributed by atoms with van der Waals surface area (Å²) in [5.74, 6) is -0.769. The van der Waals surface area contributed by atoms with Crippen molar-refractivity contribution in [3.63, 3.8) is 0 Å². The topological polar surface area (TPSA) is 129 Å². The lowest BCUT2D eigenvalue weighted by Gasteiger charge is -2.36. The molecule has 1 aliphatic carbocycles. The van der Waals surface area contributed by atoms with Crippen molar-refractivity contribution in [2.24, 2.45) is 5.92 Å². The standard InChI is InChI=1S/C39H53N7O4/c1-4-35(47)42-33(39(50)45-24-22-44(23-25-45)27-30-12-8-7-9-13-30)26-29-16-18-32(19-17-29)41-38(49)36(31-14-10-5-6-11-15-31)43-37(48)34-20-21-40-46(34)28(2)3/h7-9,12-13,16-21,28,31,33,36H,4-6,10-11,14-15,22-27H2,1-3H3,(H,41,49)(H,42,47)(H,43,48). The quantitative estimate of drug-likeness (QED) is 0.219. The highest BCUT2D eigenvalue weighted by Crippen LogP contribution is 2.27. The Morgan fingerprint density at radius 2 is 1.50 bits per heavy atom. The molecule has 1 aliphatic heterocycles. The summed E-state index contributed by atoms with van der Waals surface area (Å²) in [6.45, 7) is 9.31. The zero-order valence-corrected chi connectivity index (χ0v) is 29.8. The molecular formula is C39H53N7O4. The average molecular weight is 684 g/mol. The number of carbonyl (C=O) groups is 4. The van der Waals surface area contributed by atoms with E-state index >= 15 is 0 Å². The predicted molar refractivity (Wildman–Crippen MR) is 194 cm³/mol. The highest BCUT2D eigenvalue weighted by Gasteiger charge is 2.32. The summed E-state index contributed by atoms with van der Waals surface area (Å²) in [5.41, 5.74) is 3.16. The number of rotatable bonds is 13. The van der Waals surface area contributed by atoms with E-state index in [9.17, 15) is 19.2 Å². The fourth-order valence-corrected chi connectivity index (χ4v) is 7.03. The summed E-state index contributed by atoms with van der Waals surface area (Å²) in [7, 11) is 0. The van der Waals surface area contributed by atoms with Crippen LogP contribution in [0.15, 0.2) is 66.9 Å². The van der Waals surface area contributed by atoms with Crippen LogP contribution < -0.4 is 16.0 Å². The van der Waals surface area contributed by atoms with E-state index in [1.165, 1.54) is 5.56 Å². The van der Waals surface area contributed by atoms with Crippen molar-refractivity contribution in [1.29, 1.82) is 0 Å². The Labute approximate surface area is 296 Å². The van der Waals surface area contributed by atoms with Gasteiger partial charge in [-0.15, -0.1) is 0 Å². The van der Waals surface area contributed by atoms with Crippen LogP contribution in [0.2, 0.25) is 0 Å². The lowest BCUT2D eigenvalue weighted by atomic mass is 9.91. The summed E-state index contributed by atoms with van der Waals surface area (Å²) in [4.78, 5) is 57.6. The van der Waals surface area contributed by atoms with Crippen molar-refractivity contribution in [3.8, 4) is 0 Å². The van der Waals surface area contributed by atoms with Crippen LogP contribution in [0, 0.1) is 5.92 Å². The van der Waals surface area contributed by atoms with Crippen molar-refractivity contribution in [2.45, 2.75) is 96.8 Å². The first kappa shape index (κ1) is 36.8. The van der Waals surface area contributed by atoms with Gasteiger partial charge in [0.05, 0.1) is 0 Å². The van der Waals surface area contributed by atoms with Gasteiger partial charge in [0.2, 0.25) is 17.7 Å². The van der Waals surface area contributed by atoms with Gasteiger partial charge in [-0.3, -0.25) is 28.8 Å². The van der Waals surface area contributed by atoms with Gasteiger partial charge in [0.1, 0.15) is 17.8 Å². The van der Waals surface area contributed by atoms with E-state index in [2.05, 4.69) is 38.1 Å². The van der Waals surface area contributed by atoms with Gasteiger partial charge < -0.3 is 20.9 Å². The van der Waals surface area contributed by atoms with Crippen LogP contribution in [0.5, 0.6) is 0 Å². The molecule has 2 aromatic carbocycles. The fraction of sp³-hybridized carbons (Fsp3) is 0.513. The average Bonchev–Trinajstić information content (AvgIpc) is 3.48. The molecule has 1 aromatic heterocycles. The molecule has 1 saturated heterocycles. The van der Waals surface area contributed by atoms with Crippen molar-refractivity contribution in [2.75, 3.05) is 31.5 Å². The lowest BCUT2D eigenvalue weighted by Crippen LogP contribution is -2.55. The number of aromatic nitrogens is 2. The second-order valence-corrected chi connectivity index (χ2v) is 13.9. The third-order valence-electron chi connectivity index (χ3n) is 9.88. The molecule has 5 rings (SSSR count). The Morgan fingerprint density at radius 1 is 0.820 bits per heavy atom. The van der Waals surface area contributed by atoms with E-state index in [-0.39, 0.29) is 42.0 Å². The minimum absolute atomic E-state index is 0.00903. The molecule has 50 heavy (non-hydrogen) atoms. The molecule has 3 N–H and O–H groups in total. The minimum Gasteiger partial charge on any atom is -0.344 e. The summed E-state index contributed by atoms with van der Waals surface area (Å²) in [6, 6.07) is 18.0. The molecule has 0 bridgehead atoms. The molecule has 0 radical (unpaired) electrons. The Hall–Kier alpha value is -4.51. The number of carbonyl (C=O) groups excluding carboxylic acids is 4. The maximum absolute atomic E-state index is 13.8. The molecule has 1 saturated carbocycles. The normalized spacial score (nSPS) is 17.1. The van der Waals surface area contributed by atoms with E-state index in [4.69, 9.17) is 0 Å². The molecule has 0 spiro atoms. The molecule has 11 nitrogen and oxygen atoms in total. The van der Waals surface area contributed by atoms with E-state index in [1.54, 1.807) is 23.9 Å². The Balaban J connectivity index is 1.22. The number of nitrogens with zero attached hydrogens (tertiary/aromatic N) is 4.